The molecular formula is C80H46N2O5. The lowest BCUT2D eigenvalue weighted by Gasteiger charge is -2.28. The molecule has 19 rings (SSSR count). The van der Waals surface area contributed by atoms with Gasteiger partial charge >= 0.3 is 0 Å². The van der Waals surface area contributed by atoms with E-state index in [4.69, 9.17) is 22.1 Å². The van der Waals surface area contributed by atoms with Gasteiger partial charge < -0.3 is 31.9 Å². The van der Waals surface area contributed by atoms with Crippen LogP contribution in [0.5, 0.6) is 0 Å². The Morgan fingerprint density at radius 3 is 0.977 bits per heavy atom. The zero-order valence-corrected chi connectivity index (χ0v) is 46.5. The van der Waals surface area contributed by atoms with Crippen molar-refractivity contribution in [3.05, 3.63) is 279 Å². The van der Waals surface area contributed by atoms with Gasteiger partial charge in [-0.2, -0.15) is 0 Å². The highest BCUT2D eigenvalue weighted by Crippen LogP contribution is 2.51. The third kappa shape index (κ3) is 7.30. The molecule has 0 aliphatic heterocycles. The molecule has 5 heterocycles. The lowest BCUT2D eigenvalue weighted by atomic mass is 9.98. The molecule has 14 aromatic carbocycles. The fraction of sp³-hybridized carbons (Fsp3) is 0. The molecule has 0 saturated heterocycles. The molecule has 0 aliphatic carbocycles. The molecule has 7 nitrogen and oxygen atoms in total. The second kappa shape index (κ2) is 18.3. The van der Waals surface area contributed by atoms with E-state index in [9.17, 15) is 0 Å². The van der Waals surface area contributed by atoms with Crippen molar-refractivity contribution < 1.29 is 22.1 Å². The summed E-state index contributed by atoms with van der Waals surface area (Å²) in [5.74, 6) is 0. The van der Waals surface area contributed by atoms with E-state index >= 15 is 0 Å². The first kappa shape index (κ1) is 47.7. The van der Waals surface area contributed by atoms with E-state index in [2.05, 4.69) is 240 Å². The minimum absolute atomic E-state index is 0.795. The number of hydrogen-bond acceptors (Lipinski definition) is 7. The predicted octanol–water partition coefficient (Wildman–Crippen LogP) is 23.8. The smallest absolute Gasteiger partial charge is 0.159 e. The van der Waals surface area contributed by atoms with Gasteiger partial charge in [0.2, 0.25) is 0 Å². The molecule has 87 heavy (non-hydrogen) atoms. The van der Waals surface area contributed by atoms with Gasteiger partial charge in [0.15, 0.2) is 11.2 Å². The number of fused-ring (bicyclic) bond motifs is 17. The van der Waals surface area contributed by atoms with Crippen molar-refractivity contribution in [2.24, 2.45) is 0 Å². The van der Waals surface area contributed by atoms with Crippen LogP contribution in [0.2, 0.25) is 0 Å². The summed E-state index contributed by atoms with van der Waals surface area (Å²) < 4.78 is 34.1. The SMILES string of the molecule is c1ccc(-c2cc3c(cc2N(c2ccc4cc5c(cc4c2)oc2cc4cc(N(c6cc7oc8ccccc8c7cc6-c6ccccc6)c6cccc7c6oc6ccccc67)ccc4cc25)c2cccc4c2oc2ccccc24)oc2ccccc23)cc1. The zero-order valence-electron chi connectivity index (χ0n) is 46.5. The predicted molar refractivity (Wildman–Crippen MR) is 358 cm³/mol. The number of benzene rings is 14. The number of furan rings is 5. The second-order valence-corrected chi connectivity index (χ2v) is 22.7. The van der Waals surface area contributed by atoms with Crippen LogP contribution in [0, 0.1) is 0 Å². The second-order valence-electron chi connectivity index (χ2n) is 22.7. The summed E-state index contributed by atoms with van der Waals surface area (Å²) >= 11 is 0. The highest BCUT2D eigenvalue weighted by Gasteiger charge is 2.27. The molecule has 7 heteroatoms. The number of anilines is 6. The molecule has 19 aromatic rings. The summed E-state index contributed by atoms with van der Waals surface area (Å²) in [5, 5.41) is 14.8. The van der Waals surface area contributed by atoms with E-state index < -0.39 is 0 Å². The molecule has 0 bridgehead atoms. The Labute approximate surface area is 495 Å². The summed E-state index contributed by atoms with van der Waals surface area (Å²) in [6.07, 6.45) is 0. The van der Waals surface area contributed by atoms with Gasteiger partial charge in [-0.25, -0.2) is 0 Å². The molecule has 0 aliphatic rings. The highest BCUT2D eigenvalue weighted by molar-refractivity contribution is 6.18. The Kier molecular flexibility index (Phi) is 10.1. The van der Waals surface area contributed by atoms with Crippen LogP contribution in [-0.4, -0.2) is 0 Å². The van der Waals surface area contributed by atoms with E-state index in [1.165, 1.54) is 0 Å². The first-order chi connectivity index (χ1) is 43.1. The van der Waals surface area contributed by atoms with Gasteiger partial charge in [-0.15, -0.1) is 0 Å². The maximum Gasteiger partial charge on any atom is 0.159 e. The minimum atomic E-state index is 0.795. The molecule has 0 saturated carbocycles. The van der Waals surface area contributed by atoms with E-state index in [1.807, 2.05) is 48.5 Å². The first-order valence-corrected chi connectivity index (χ1v) is 29.3. The molecule has 0 atom stereocenters. The van der Waals surface area contributed by atoms with Gasteiger partial charge in [0.1, 0.15) is 44.7 Å². The number of nitrogens with zero attached hydrogens (tertiary/aromatic N) is 2. The lowest BCUT2D eigenvalue weighted by Crippen LogP contribution is -2.11. The maximum absolute atomic E-state index is 7.02. The Hall–Kier alpha value is -11.8. The monoisotopic (exact) mass is 1110 g/mol. The van der Waals surface area contributed by atoms with Crippen LogP contribution in [0.15, 0.2) is 301 Å². The molecular weight excluding hydrogens is 1070 g/mol. The van der Waals surface area contributed by atoms with Gasteiger partial charge in [-0.05, 0) is 130 Å². The van der Waals surface area contributed by atoms with Crippen LogP contribution >= 0.6 is 0 Å². The van der Waals surface area contributed by atoms with Crippen molar-refractivity contribution in [1.82, 2.24) is 0 Å². The van der Waals surface area contributed by atoms with Gasteiger partial charge in [-0.3, -0.25) is 0 Å². The van der Waals surface area contributed by atoms with Crippen molar-refractivity contribution in [2.45, 2.75) is 0 Å². The number of hydrogen-bond donors (Lipinski definition) is 0. The van der Waals surface area contributed by atoms with Crippen LogP contribution < -0.4 is 9.80 Å². The van der Waals surface area contributed by atoms with Crippen LogP contribution in [0.3, 0.4) is 0 Å². The van der Waals surface area contributed by atoms with Crippen molar-refractivity contribution in [3.63, 3.8) is 0 Å². The molecule has 0 N–H and O–H groups in total. The fourth-order valence-corrected chi connectivity index (χ4v) is 13.7. The van der Waals surface area contributed by atoms with Crippen molar-refractivity contribution >= 4 is 165 Å². The lowest BCUT2D eigenvalue weighted by molar-refractivity contribution is 0.667. The Morgan fingerprint density at radius 1 is 0.195 bits per heavy atom. The van der Waals surface area contributed by atoms with E-state index in [1.54, 1.807) is 0 Å². The summed E-state index contributed by atoms with van der Waals surface area (Å²) in [4.78, 5) is 4.67. The molecule has 0 amide bonds. The first-order valence-electron chi connectivity index (χ1n) is 29.3. The standard InChI is InChI=1S/C80H46N2O5/c1-3-17-47(18-4-1)61-43-65-57-23-9-11-29-71(57)83-77(65)45-69(61)81(67-27-15-25-59-55-21-7-13-31-73(55)86-79(59)67)53-35-33-49-39-63-64-40-50-34-36-54(38-52(50)42-76(64)85-75(63)41-51(49)37-53)82(68-28-16-26-60-56-22-8-14-32-74(56)87-80(60)68)70-46-78-66(58-24-10-12-30-72(58)84-78)44-62(70)48-19-5-2-6-20-48/h1-46H. The van der Waals surface area contributed by atoms with Crippen LogP contribution in [0.4, 0.5) is 34.1 Å². The van der Waals surface area contributed by atoms with Crippen molar-refractivity contribution in [1.29, 1.82) is 0 Å². The Balaban J connectivity index is 0.796. The van der Waals surface area contributed by atoms with Crippen LogP contribution in [0.25, 0.3) is 153 Å². The largest absolute Gasteiger partial charge is 0.456 e. The Morgan fingerprint density at radius 2 is 0.540 bits per heavy atom. The Bertz CT molecular complexity index is 5670. The topological polar surface area (TPSA) is 72.2 Å². The van der Waals surface area contributed by atoms with Crippen molar-refractivity contribution in [2.75, 3.05) is 9.80 Å². The summed E-state index contributed by atoms with van der Waals surface area (Å²) in [5.41, 5.74) is 18.1. The number of rotatable bonds is 8. The number of para-hydroxylation sites is 6. The van der Waals surface area contributed by atoms with E-state index in [0.717, 1.165) is 188 Å². The molecule has 0 radical (unpaired) electrons. The molecule has 406 valence electrons. The normalized spacial score (nSPS) is 12.1. The molecule has 5 aromatic heterocycles. The van der Waals surface area contributed by atoms with Crippen molar-refractivity contribution in [3.8, 4) is 22.3 Å². The quantitative estimate of drug-likeness (QED) is 0.150. The maximum atomic E-state index is 7.02. The average molecular weight is 1120 g/mol. The van der Waals surface area contributed by atoms with Gasteiger partial charge in [0.05, 0.1) is 22.7 Å². The van der Waals surface area contributed by atoms with Gasteiger partial charge in [0.25, 0.3) is 0 Å². The molecule has 0 fully saturated rings. The third-order valence-electron chi connectivity index (χ3n) is 17.8. The molecule has 0 spiro atoms. The summed E-state index contributed by atoms with van der Waals surface area (Å²) in [6, 6.07) is 98.5. The van der Waals surface area contributed by atoms with Crippen LogP contribution in [-0.2, 0) is 0 Å². The van der Waals surface area contributed by atoms with Crippen LogP contribution in [0.1, 0.15) is 0 Å². The highest BCUT2D eigenvalue weighted by atomic mass is 16.3. The zero-order chi connectivity index (χ0) is 56.8. The average Bonchev–Trinajstić information content (AvgIpc) is 3.38. The van der Waals surface area contributed by atoms with E-state index in [-0.39, 0.29) is 0 Å². The van der Waals surface area contributed by atoms with E-state index in [0.29, 0.717) is 0 Å². The summed E-state index contributed by atoms with van der Waals surface area (Å²) in [7, 11) is 0. The summed E-state index contributed by atoms with van der Waals surface area (Å²) in [6.45, 7) is 0. The van der Waals surface area contributed by atoms with Gasteiger partial charge in [-0.1, -0.05) is 170 Å². The third-order valence-corrected chi connectivity index (χ3v) is 17.8. The fourth-order valence-electron chi connectivity index (χ4n) is 13.7. The van der Waals surface area contributed by atoms with Gasteiger partial charge in [0, 0.05) is 88.5 Å². The molecule has 0 unspecified atom stereocenters. The minimum Gasteiger partial charge on any atom is -0.456 e.